The molecule has 18 heavy (non-hydrogen) atoms. The summed E-state index contributed by atoms with van der Waals surface area (Å²) < 4.78 is 0. The highest BCUT2D eigenvalue weighted by Crippen LogP contribution is 2.32. The van der Waals surface area contributed by atoms with E-state index < -0.39 is 0 Å². The molecule has 0 bridgehead atoms. The first-order chi connectivity index (χ1) is 8.63. The van der Waals surface area contributed by atoms with Gasteiger partial charge in [-0.25, -0.2) is 0 Å². The molecule has 0 fully saturated rings. The Bertz CT molecular complexity index is 731. The Hall–Kier alpha value is -1.15. The minimum Gasteiger partial charge on any atom is -0.354 e. The number of aromatic nitrogens is 1. The third kappa shape index (κ3) is 2.10. The van der Waals surface area contributed by atoms with Gasteiger partial charge in [0, 0.05) is 26.6 Å². The molecular formula is C14H8Cl3N. The van der Waals surface area contributed by atoms with E-state index in [0.717, 1.165) is 22.2 Å². The lowest BCUT2D eigenvalue weighted by molar-refractivity contribution is 1.45. The van der Waals surface area contributed by atoms with Gasteiger partial charge in [-0.3, -0.25) is 0 Å². The number of hydrogen-bond donors (Lipinski definition) is 1. The van der Waals surface area contributed by atoms with Gasteiger partial charge in [-0.15, -0.1) is 0 Å². The smallest absolute Gasteiger partial charge is 0.0514 e. The molecule has 3 rings (SSSR count). The van der Waals surface area contributed by atoms with Gasteiger partial charge in [0.1, 0.15) is 0 Å². The average molecular weight is 297 g/mol. The molecule has 4 heteroatoms. The van der Waals surface area contributed by atoms with E-state index >= 15 is 0 Å². The van der Waals surface area contributed by atoms with Crippen molar-refractivity contribution in [1.82, 2.24) is 4.98 Å². The van der Waals surface area contributed by atoms with Gasteiger partial charge < -0.3 is 4.98 Å². The van der Waals surface area contributed by atoms with E-state index in [1.165, 1.54) is 0 Å². The Morgan fingerprint density at radius 3 is 2.44 bits per heavy atom. The molecule has 1 heterocycles. The van der Waals surface area contributed by atoms with Crippen LogP contribution in [0.4, 0.5) is 0 Å². The zero-order valence-electron chi connectivity index (χ0n) is 9.18. The standard InChI is InChI=1S/C14H8Cl3N/c15-9-3-1-2-8(4-9)13-7-11-12(17)5-10(16)6-14(11)18-13/h1-7,18H. The van der Waals surface area contributed by atoms with Gasteiger partial charge in [-0.05, 0) is 35.9 Å². The number of rotatable bonds is 1. The fraction of sp³-hybridized carbons (Fsp3) is 0. The zero-order valence-corrected chi connectivity index (χ0v) is 11.4. The lowest BCUT2D eigenvalue weighted by Gasteiger charge is -1.97. The van der Waals surface area contributed by atoms with Crippen LogP contribution in [-0.4, -0.2) is 4.98 Å². The monoisotopic (exact) mass is 295 g/mol. The maximum Gasteiger partial charge on any atom is 0.0514 e. The summed E-state index contributed by atoms with van der Waals surface area (Å²) in [5, 5.41) is 2.92. The molecule has 0 radical (unpaired) electrons. The van der Waals surface area contributed by atoms with Crippen molar-refractivity contribution in [2.75, 3.05) is 0 Å². The van der Waals surface area contributed by atoms with E-state index in [-0.39, 0.29) is 0 Å². The first-order valence-corrected chi connectivity index (χ1v) is 6.50. The normalized spacial score (nSPS) is 11.1. The first kappa shape index (κ1) is 11.9. The van der Waals surface area contributed by atoms with Crippen LogP contribution in [0.2, 0.25) is 15.1 Å². The first-order valence-electron chi connectivity index (χ1n) is 5.37. The molecule has 0 saturated carbocycles. The number of H-pyrrole nitrogens is 1. The minimum absolute atomic E-state index is 0.618. The van der Waals surface area contributed by atoms with Crippen molar-refractivity contribution in [2.24, 2.45) is 0 Å². The topological polar surface area (TPSA) is 15.8 Å². The van der Waals surface area contributed by atoms with Crippen molar-refractivity contribution in [3.8, 4) is 11.3 Å². The predicted octanol–water partition coefficient (Wildman–Crippen LogP) is 5.80. The molecule has 1 N–H and O–H groups in total. The van der Waals surface area contributed by atoms with E-state index in [4.69, 9.17) is 34.8 Å². The highest BCUT2D eigenvalue weighted by atomic mass is 35.5. The Balaban J connectivity index is 2.22. The molecule has 0 saturated heterocycles. The zero-order chi connectivity index (χ0) is 12.7. The number of benzene rings is 2. The van der Waals surface area contributed by atoms with Crippen LogP contribution in [0.15, 0.2) is 42.5 Å². The molecule has 0 aliphatic carbocycles. The summed E-state index contributed by atoms with van der Waals surface area (Å²) in [5.74, 6) is 0. The van der Waals surface area contributed by atoms with Gasteiger partial charge in [0.2, 0.25) is 0 Å². The fourth-order valence-electron chi connectivity index (χ4n) is 1.97. The van der Waals surface area contributed by atoms with Crippen LogP contribution in [0, 0.1) is 0 Å². The minimum atomic E-state index is 0.618. The maximum atomic E-state index is 6.16. The molecule has 1 aromatic heterocycles. The molecule has 0 atom stereocenters. The second-order valence-corrected chi connectivity index (χ2v) is 5.32. The largest absolute Gasteiger partial charge is 0.354 e. The van der Waals surface area contributed by atoms with Crippen molar-refractivity contribution in [3.63, 3.8) is 0 Å². The van der Waals surface area contributed by atoms with Gasteiger partial charge in [0.05, 0.1) is 5.02 Å². The number of nitrogens with one attached hydrogen (secondary N) is 1. The van der Waals surface area contributed by atoms with Crippen molar-refractivity contribution in [3.05, 3.63) is 57.5 Å². The summed E-state index contributed by atoms with van der Waals surface area (Å²) in [5.41, 5.74) is 2.91. The number of halogens is 3. The fourth-order valence-corrected chi connectivity index (χ4v) is 2.71. The summed E-state index contributed by atoms with van der Waals surface area (Å²) in [6.45, 7) is 0. The maximum absolute atomic E-state index is 6.16. The third-order valence-corrected chi connectivity index (χ3v) is 3.55. The summed E-state index contributed by atoms with van der Waals surface area (Å²) in [4.78, 5) is 3.29. The molecular weight excluding hydrogens is 289 g/mol. The van der Waals surface area contributed by atoms with E-state index in [0.29, 0.717) is 15.1 Å². The highest BCUT2D eigenvalue weighted by molar-refractivity contribution is 6.38. The van der Waals surface area contributed by atoms with E-state index in [2.05, 4.69) is 4.98 Å². The van der Waals surface area contributed by atoms with Crippen LogP contribution in [0.5, 0.6) is 0 Å². The number of aromatic amines is 1. The van der Waals surface area contributed by atoms with Crippen molar-refractivity contribution in [1.29, 1.82) is 0 Å². The van der Waals surface area contributed by atoms with Crippen molar-refractivity contribution in [2.45, 2.75) is 0 Å². The summed E-state index contributed by atoms with van der Waals surface area (Å²) >= 11 is 18.1. The van der Waals surface area contributed by atoms with Crippen LogP contribution < -0.4 is 0 Å². The van der Waals surface area contributed by atoms with Crippen LogP contribution in [0.25, 0.3) is 22.2 Å². The molecule has 90 valence electrons. The van der Waals surface area contributed by atoms with Crippen LogP contribution in [-0.2, 0) is 0 Å². The SMILES string of the molecule is Clc1cccc(-c2cc3c(Cl)cc(Cl)cc3[nH]2)c1. The van der Waals surface area contributed by atoms with Gasteiger partial charge in [0.15, 0.2) is 0 Å². The third-order valence-electron chi connectivity index (χ3n) is 2.79. The Morgan fingerprint density at radius 1 is 0.833 bits per heavy atom. The van der Waals surface area contributed by atoms with Gasteiger partial charge in [-0.2, -0.15) is 0 Å². The lowest BCUT2D eigenvalue weighted by atomic mass is 10.1. The molecule has 0 unspecified atom stereocenters. The summed E-state index contributed by atoms with van der Waals surface area (Å²) in [7, 11) is 0. The summed E-state index contributed by atoms with van der Waals surface area (Å²) in [6.07, 6.45) is 0. The highest BCUT2D eigenvalue weighted by Gasteiger charge is 2.07. The second-order valence-electron chi connectivity index (χ2n) is 4.04. The molecule has 0 amide bonds. The van der Waals surface area contributed by atoms with Gasteiger partial charge in [0.25, 0.3) is 0 Å². The number of hydrogen-bond acceptors (Lipinski definition) is 0. The molecule has 0 aliphatic heterocycles. The molecule has 1 nitrogen and oxygen atoms in total. The van der Waals surface area contributed by atoms with E-state index in [1.54, 1.807) is 6.07 Å². The molecule has 0 spiro atoms. The molecule has 3 aromatic rings. The summed E-state index contributed by atoms with van der Waals surface area (Å²) in [6, 6.07) is 13.3. The van der Waals surface area contributed by atoms with Crippen LogP contribution in [0.3, 0.4) is 0 Å². The quantitative estimate of drug-likeness (QED) is 0.584. The van der Waals surface area contributed by atoms with Crippen LogP contribution in [0.1, 0.15) is 0 Å². The second kappa shape index (κ2) is 4.51. The van der Waals surface area contributed by atoms with E-state index in [1.807, 2.05) is 36.4 Å². The Kier molecular flexibility index (Phi) is 2.98. The molecule has 2 aromatic carbocycles. The van der Waals surface area contributed by atoms with E-state index in [9.17, 15) is 0 Å². The predicted molar refractivity (Wildman–Crippen MR) is 78.8 cm³/mol. The number of fused-ring (bicyclic) bond motifs is 1. The lowest BCUT2D eigenvalue weighted by Crippen LogP contribution is -1.76. The van der Waals surface area contributed by atoms with Gasteiger partial charge in [-0.1, -0.05) is 46.9 Å². The van der Waals surface area contributed by atoms with Crippen molar-refractivity contribution >= 4 is 45.7 Å². The Labute approximate surface area is 119 Å². The average Bonchev–Trinajstić information content (AvgIpc) is 2.73. The Morgan fingerprint density at radius 2 is 1.67 bits per heavy atom. The van der Waals surface area contributed by atoms with Crippen molar-refractivity contribution < 1.29 is 0 Å². The molecule has 0 aliphatic rings. The van der Waals surface area contributed by atoms with Gasteiger partial charge >= 0.3 is 0 Å². The van der Waals surface area contributed by atoms with Crippen LogP contribution >= 0.6 is 34.8 Å².